The number of nitrogens with one attached hydrogen (secondary N) is 1. The number of carbonyl (C=O) groups excluding carboxylic acids is 1. The molecule has 0 heterocycles. The number of nitro benzene ring substituents is 1. The molecule has 5 nitrogen and oxygen atoms in total. The fourth-order valence-electron chi connectivity index (χ4n) is 1.73. The molecule has 0 spiro atoms. The average molecular weight is 370 g/mol. The molecule has 108 valence electrons. The summed E-state index contributed by atoms with van der Waals surface area (Å²) in [4.78, 5) is 22.3. The zero-order valence-electron chi connectivity index (χ0n) is 10.9. The van der Waals surface area contributed by atoms with E-state index in [4.69, 9.17) is 11.6 Å². The van der Waals surface area contributed by atoms with Crippen molar-refractivity contribution in [2.75, 3.05) is 5.32 Å². The highest BCUT2D eigenvalue weighted by Crippen LogP contribution is 2.27. The summed E-state index contributed by atoms with van der Waals surface area (Å²) in [5, 5.41) is 13.4. The first kappa shape index (κ1) is 15.5. The molecule has 0 saturated heterocycles. The van der Waals surface area contributed by atoms with Gasteiger partial charge in [-0.05, 0) is 36.8 Å². The molecule has 0 atom stereocenters. The summed E-state index contributed by atoms with van der Waals surface area (Å²) in [6.07, 6.45) is 0. The number of hydrogen-bond acceptors (Lipinski definition) is 3. The van der Waals surface area contributed by atoms with E-state index in [1.165, 1.54) is 18.2 Å². The number of halogens is 2. The third-order valence-electron chi connectivity index (χ3n) is 2.92. The normalized spacial score (nSPS) is 10.2. The summed E-state index contributed by atoms with van der Waals surface area (Å²) in [5.74, 6) is -0.381. The Bertz CT molecular complexity index is 734. The molecule has 21 heavy (non-hydrogen) atoms. The quantitative estimate of drug-likeness (QED) is 0.636. The van der Waals surface area contributed by atoms with Gasteiger partial charge in [0.25, 0.3) is 11.6 Å². The zero-order valence-corrected chi connectivity index (χ0v) is 13.2. The average Bonchev–Trinajstić information content (AvgIpc) is 2.43. The molecule has 0 fully saturated rings. The first-order valence-electron chi connectivity index (χ1n) is 5.90. The van der Waals surface area contributed by atoms with E-state index in [1.807, 2.05) is 13.0 Å². The molecular formula is C14H10BrClN2O3. The van der Waals surface area contributed by atoms with Crippen molar-refractivity contribution in [1.82, 2.24) is 0 Å². The fourth-order valence-corrected chi connectivity index (χ4v) is 2.35. The van der Waals surface area contributed by atoms with Gasteiger partial charge in [0.05, 0.1) is 4.92 Å². The van der Waals surface area contributed by atoms with Crippen molar-refractivity contribution in [3.63, 3.8) is 0 Å². The molecule has 0 saturated carbocycles. The molecule has 0 aliphatic carbocycles. The summed E-state index contributed by atoms with van der Waals surface area (Å²) in [6.45, 7) is 1.86. The lowest BCUT2D eigenvalue weighted by Gasteiger charge is -2.09. The first-order chi connectivity index (χ1) is 9.90. The number of nitrogens with zero attached hydrogens (tertiary/aromatic N) is 1. The Morgan fingerprint density at radius 1 is 1.33 bits per heavy atom. The van der Waals surface area contributed by atoms with E-state index in [9.17, 15) is 14.9 Å². The molecule has 2 aromatic carbocycles. The van der Waals surface area contributed by atoms with Gasteiger partial charge in [-0.3, -0.25) is 14.9 Å². The topological polar surface area (TPSA) is 72.2 Å². The van der Waals surface area contributed by atoms with Crippen LogP contribution in [0.5, 0.6) is 0 Å². The summed E-state index contributed by atoms with van der Waals surface area (Å²) in [6, 6.07) is 9.30. The van der Waals surface area contributed by atoms with E-state index in [0.717, 1.165) is 10.0 Å². The van der Waals surface area contributed by atoms with Crippen molar-refractivity contribution < 1.29 is 9.72 Å². The predicted octanol–water partition coefficient (Wildman–Crippen LogP) is 4.57. The number of amides is 1. The van der Waals surface area contributed by atoms with Gasteiger partial charge in [0.15, 0.2) is 0 Å². The van der Waals surface area contributed by atoms with Crippen molar-refractivity contribution in [1.29, 1.82) is 0 Å². The highest BCUT2D eigenvalue weighted by Gasteiger charge is 2.16. The number of rotatable bonds is 3. The van der Waals surface area contributed by atoms with Crippen molar-refractivity contribution in [2.24, 2.45) is 0 Å². The number of nitro groups is 1. The van der Waals surface area contributed by atoms with E-state index >= 15 is 0 Å². The maximum Gasteiger partial charge on any atom is 0.287 e. The third-order valence-corrected chi connectivity index (χ3v) is 4.08. The van der Waals surface area contributed by atoms with Crippen molar-refractivity contribution in [2.45, 2.75) is 6.92 Å². The van der Waals surface area contributed by atoms with Gasteiger partial charge in [-0.1, -0.05) is 33.6 Å². The molecule has 2 rings (SSSR count). The standard InChI is InChI=1S/C14H10BrClN2O3/c1-8-10(15)3-2-4-12(8)17-14(19)9-5-6-13(18(20)21)11(16)7-9/h2-7H,1H3,(H,17,19). The van der Waals surface area contributed by atoms with Crippen LogP contribution in [0.2, 0.25) is 5.02 Å². The lowest BCUT2D eigenvalue weighted by molar-refractivity contribution is -0.384. The van der Waals surface area contributed by atoms with Crippen LogP contribution in [0.3, 0.4) is 0 Å². The highest BCUT2D eigenvalue weighted by molar-refractivity contribution is 9.10. The van der Waals surface area contributed by atoms with Gasteiger partial charge in [0.2, 0.25) is 0 Å². The van der Waals surface area contributed by atoms with Gasteiger partial charge in [-0.2, -0.15) is 0 Å². The van der Waals surface area contributed by atoms with Crippen LogP contribution < -0.4 is 5.32 Å². The monoisotopic (exact) mass is 368 g/mol. The molecule has 0 aromatic heterocycles. The van der Waals surface area contributed by atoms with Crippen molar-refractivity contribution in [3.05, 3.63) is 67.1 Å². The summed E-state index contributed by atoms with van der Waals surface area (Å²) >= 11 is 9.18. The summed E-state index contributed by atoms with van der Waals surface area (Å²) < 4.78 is 0.877. The Balaban J connectivity index is 2.27. The van der Waals surface area contributed by atoms with Crippen LogP contribution in [-0.2, 0) is 0 Å². The largest absolute Gasteiger partial charge is 0.322 e. The maximum absolute atomic E-state index is 12.2. The van der Waals surface area contributed by atoms with Crippen LogP contribution in [0.1, 0.15) is 15.9 Å². The van der Waals surface area contributed by atoms with Crippen LogP contribution >= 0.6 is 27.5 Å². The highest BCUT2D eigenvalue weighted by atomic mass is 79.9. The molecule has 0 aliphatic heterocycles. The molecule has 1 N–H and O–H groups in total. The van der Waals surface area contributed by atoms with Gasteiger partial charge >= 0.3 is 0 Å². The van der Waals surface area contributed by atoms with Crippen LogP contribution in [0, 0.1) is 17.0 Å². The predicted molar refractivity (Wildman–Crippen MR) is 84.9 cm³/mol. The van der Waals surface area contributed by atoms with E-state index in [-0.39, 0.29) is 22.2 Å². The van der Waals surface area contributed by atoms with E-state index in [0.29, 0.717) is 5.69 Å². The lowest BCUT2D eigenvalue weighted by atomic mass is 10.1. The van der Waals surface area contributed by atoms with Gasteiger partial charge in [-0.15, -0.1) is 0 Å². The van der Waals surface area contributed by atoms with Crippen LogP contribution in [0.25, 0.3) is 0 Å². The van der Waals surface area contributed by atoms with Gasteiger partial charge < -0.3 is 5.32 Å². The minimum absolute atomic E-state index is 0.0707. The fraction of sp³-hybridized carbons (Fsp3) is 0.0714. The molecular weight excluding hydrogens is 360 g/mol. The van der Waals surface area contributed by atoms with E-state index in [1.54, 1.807) is 12.1 Å². The molecule has 1 amide bonds. The second-order valence-electron chi connectivity index (χ2n) is 4.29. The number of hydrogen-bond donors (Lipinski definition) is 1. The van der Waals surface area contributed by atoms with Gasteiger partial charge in [0.1, 0.15) is 5.02 Å². The first-order valence-corrected chi connectivity index (χ1v) is 7.07. The summed E-state index contributed by atoms with van der Waals surface area (Å²) in [7, 11) is 0. The third kappa shape index (κ3) is 3.40. The minimum atomic E-state index is -0.595. The van der Waals surface area contributed by atoms with Crippen molar-refractivity contribution in [3.8, 4) is 0 Å². The maximum atomic E-state index is 12.2. The summed E-state index contributed by atoms with van der Waals surface area (Å²) in [5.41, 5.74) is 1.57. The molecule has 2 aromatic rings. The Morgan fingerprint density at radius 2 is 2.05 bits per heavy atom. The Kier molecular flexibility index (Phi) is 4.59. The van der Waals surface area contributed by atoms with E-state index in [2.05, 4.69) is 21.2 Å². The molecule has 0 aliphatic rings. The Morgan fingerprint density at radius 3 is 2.67 bits per heavy atom. The van der Waals surface area contributed by atoms with Gasteiger partial charge in [0, 0.05) is 21.8 Å². The molecule has 0 unspecified atom stereocenters. The Hall–Kier alpha value is -1.92. The second-order valence-corrected chi connectivity index (χ2v) is 5.55. The second kappa shape index (κ2) is 6.24. The lowest BCUT2D eigenvalue weighted by Crippen LogP contribution is -2.13. The minimum Gasteiger partial charge on any atom is -0.322 e. The SMILES string of the molecule is Cc1c(Br)cccc1NC(=O)c1ccc([N+](=O)[O-])c(Cl)c1. The number of benzene rings is 2. The smallest absolute Gasteiger partial charge is 0.287 e. The molecule has 0 radical (unpaired) electrons. The Labute approximate surface area is 134 Å². The van der Waals surface area contributed by atoms with Crippen molar-refractivity contribution >= 4 is 44.8 Å². The van der Waals surface area contributed by atoms with Gasteiger partial charge in [-0.25, -0.2) is 0 Å². The number of carbonyl (C=O) groups is 1. The zero-order chi connectivity index (χ0) is 15.6. The van der Waals surface area contributed by atoms with Crippen LogP contribution in [-0.4, -0.2) is 10.8 Å². The molecule has 0 bridgehead atoms. The van der Waals surface area contributed by atoms with Crippen LogP contribution in [0.15, 0.2) is 40.9 Å². The number of anilines is 1. The van der Waals surface area contributed by atoms with E-state index < -0.39 is 4.92 Å². The molecule has 7 heteroatoms. The van der Waals surface area contributed by atoms with Crippen LogP contribution in [0.4, 0.5) is 11.4 Å².